The van der Waals surface area contributed by atoms with Crippen molar-refractivity contribution in [1.29, 1.82) is 0 Å². The average Bonchev–Trinajstić information content (AvgIpc) is 2.90. The van der Waals surface area contributed by atoms with E-state index in [0.29, 0.717) is 5.92 Å². The van der Waals surface area contributed by atoms with Crippen LogP contribution in [0, 0.1) is 0 Å². The van der Waals surface area contributed by atoms with Crippen molar-refractivity contribution in [2.45, 2.75) is 38.1 Å². The lowest BCUT2D eigenvalue weighted by Gasteiger charge is -2.36. The van der Waals surface area contributed by atoms with Gasteiger partial charge in [0.1, 0.15) is 5.01 Å². The Balaban J connectivity index is 2.15. The van der Waals surface area contributed by atoms with Gasteiger partial charge in [-0.05, 0) is 18.8 Å². The number of aromatic nitrogens is 1. The third kappa shape index (κ3) is 3.54. The average molecular weight is 284 g/mol. The molecule has 1 fully saturated rings. The SMILES string of the molecule is COCCNC1(c2nc(C(C)C)cs2)CCOCC1. The van der Waals surface area contributed by atoms with Gasteiger partial charge in [0, 0.05) is 32.2 Å². The maximum atomic E-state index is 5.51. The number of rotatable bonds is 6. The van der Waals surface area contributed by atoms with Crippen LogP contribution in [0.4, 0.5) is 0 Å². The van der Waals surface area contributed by atoms with Gasteiger partial charge in [-0.15, -0.1) is 11.3 Å². The molecule has 0 aliphatic carbocycles. The molecule has 19 heavy (non-hydrogen) atoms. The highest BCUT2D eigenvalue weighted by molar-refractivity contribution is 7.09. The van der Waals surface area contributed by atoms with Crippen LogP contribution < -0.4 is 5.32 Å². The molecule has 0 aromatic carbocycles. The zero-order valence-electron chi connectivity index (χ0n) is 12.1. The van der Waals surface area contributed by atoms with Gasteiger partial charge in [0.15, 0.2) is 0 Å². The smallest absolute Gasteiger partial charge is 0.113 e. The number of ether oxygens (including phenoxy) is 2. The van der Waals surface area contributed by atoms with Gasteiger partial charge in [-0.1, -0.05) is 13.8 Å². The predicted octanol–water partition coefficient (Wildman–Crippen LogP) is 2.51. The molecule has 0 amide bonds. The van der Waals surface area contributed by atoms with Crippen LogP contribution in [0.5, 0.6) is 0 Å². The van der Waals surface area contributed by atoms with Crippen molar-refractivity contribution < 1.29 is 9.47 Å². The van der Waals surface area contributed by atoms with Crippen LogP contribution in [0.1, 0.15) is 43.3 Å². The van der Waals surface area contributed by atoms with Crippen molar-refractivity contribution in [3.63, 3.8) is 0 Å². The van der Waals surface area contributed by atoms with Crippen molar-refractivity contribution >= 4 is 11.3 Å². The molecule has 108 valence electrons. The minimum atomic E-state index is -0.0193. The first kappa shape index (κ1) is 14.9. The molecule has 0 saturated carbocycles. The summed E-state index contributed by atoms with van der Waals surface area (Å²) in [6.45, 7) is 7.56. The van der Waals surface area contributed by atoms with E-state index in [4.69, 9.17) is 14.5 Å². The van der Waals surface area contributed by atoms with Crippen LogP contribution in [0.25, 0.3) is 0 Å². The number of nitrogens with one attached hydrogen (secondary N) is 1. The summed E-state index contributed by atoms with van der Waals surface area (Å²) in [6, 6.07) is 0. The molecule has 0 atom stereocenters. The Labute approximate surface area is 119 Å². The molecule has 1 N–H and O–H groups in total. The van der Waals surface area contributed by atoms with E-state index in [1.54, 1.807) is 18.4 Å². The summed E-state index contributed by atoms with van der Waals surface area (Å²) in [5.74, 6) is 0.487. The summed E-state index contributed by atoms with van der Waals surface area (Å²) in [5, 5.41) is 7.04. The van der Waals surface area contributed by atoms with E-state index < -0.39 is 0 Å². The van der Waals surface area contributed by atoms with E-state index in [1.165, 1.54) is 10.7 Å². The Bertz CT molecular complexity index is 387. The first-order valence-electron chi connectivity index (χ1n) is 6.95. The van der Waals surface area contributed by atoms with Crippen LogP contribution in [0.3, 0.4) is 0 Å². The van der Waals surface area contributed by atoms with E-state index in [2.05, 4.69) is 24.5 Å². The predicted molar refractivity (Wildman–Crippen MR) is 77.8 cm³/mol. The second-order valence-electron chi connectivity index (χ2n) is 5.35. The first-order chi connectivity index (χ1) is 9.18. The van der Waals surface area contributed by atoms with Crippen LogP contribution in [0.15, 0.2) is 5.38 Å². The topological polar surface area (TPSA) is 43.4 Å². The van der Waals surface area contributed by atoms with Gasteiger partial charge in [-0.25, -0.2) is 4.98 Å². The Morgan fingerprint density at radius 3 is 2.79 bits per heavy atom. The molecule has 0 spiro atoms. The van der Waals surface area contributed by atoms with Crippen LogP contribution >= 0.6 is 11.3 Å². The second kappa shape index (κ2) is 6.79. The highest BCUT2D eigenvalue weighted by Gasteiger charge is 2.36. The molecule has 2 rings (SSSR count). The van der Waals surface area contributed by atoms with Crippen molar-refractivity contribution in [1.82, 2.24) is 10.3 Å². The third-order valence-electron chi connectivity index (χ3n) is 3.64. The second-order valence-corrected chi connectivity index (χ2v) is 6.20. The Kier molecular flexibility index (Phi) is 5.33. The molecule has 2 heterocycles. The number of hydrogen-bond donors (Lipinski definition) is 1. The van der Waals surface area contributed by atoms with E-state index in [-0.39, 0.29) is 5.54 Å². The fraction of sp³-hybridized carbons (Fsp3) is 0.786. The van der Waals surface area contributed by atoms with Crippen LogP contribution in [0.2, 0.25) is 0 Å². The number of hydrogen-bond acceptors (Lipinski definition) is 5. The maximum absolute atomic E-state index is 5.51. The molecular formula is C14H24N2O2S. The monoisotopic (exact) mass is 284 g/mol. The van der Waals surface area contributed by atoms with E-state index in [9.17, 15) is 0 Å². The molecule has 1 aliphatic heterocycles. The molecule has 1 aliphatic rings. The number of thiazole rings is 1. The highest BCUT2D eigenvalue weighted by atomic mass is 32.1. The molecule has 0 radical (unpaired) electrons. The lowest BCUT2D eigenvalue weighted by Crippen LogP contribution is -2.47. The lowest BCUT2D eigenvalue weighted by molar-refractivity contribution is 0.0334. The van der Waals surface area contributed by atoms with Gasteiger partial charge in [-0.3, -0.25) is 0 Å². The van der Waals surface area contributed by atoms with Gasteiger partial charge in [0.2, 0.25) is 0 Å². The summed E-state index contributed by atoms with van der Waals surface area (Å²) in [5.41, 5.74) is 1.17. The lowest BCUT2D eigenvalue weighted by atomic mass is 9.90. The van der Waals surface area contributed by atoms with E-state index in [0.717, 1.165) is 39.2 Å². The van der Waals surface area contributed by atoms with Crippen LogP contribution in [-0.4, -0.2) is 38.5 Å². The molecule has 4 nitrogen and oxygen atoms in total. The van der Waals surface area contributed by atoms with E-state index in [1.807, 2.05) is 0 Å². The van der Waals surface area contributed by atoms with Crippen molar-refractivity contribution in [3.05, 3.63) is 16.1 Å². The van der Waals surface area contributed by atoms with Crippen LogP contribution in [-0.2, 0) is 15.0 Å². The maximum Gasteiger partial charge on any atom is 0.113 e. The number of methoxy groups -OCH3 is 1. The summed E-state index contributed by atoms with van der Waals surface area (Å²) < 4.78 is 10.7. The van der Waals surface area contributed by atoms with Gasteiger partial charge in [-0.2, -0.15) is 0 Å². The first-order valence-corrected chi connectivity index (χ1v) is 7.83. The Morgan fingerprint density at radius 2 is 2.21 bits per heavy atom. The zero-order chi connectivity index (χ0) is 13.7. The van der Waals surface area contributed by atoms with Gasteiger partial charge in [0.25, 0.3) is 0 Å². The summed E-state index contributed by atoms with van der Waals surface area (Å²) in [4.78, 5) is 4.84. The minimum Gasteiger partial charge on any atom is -0.383 e. The largest absolute Gasteiger partial charge is 0.383 e. The quantitative estimate of drug-likeness (QED) is 0.815. The Hall–Kier alpha value is -0.490. The van der Waals surface area contributed by atoms with Crippen molar-refractivity contribution in [3.8, 4) is 0 Å². The molecule has 0 unspecified atom stereocenters. The van der Waals surface area contributed by atoms with E-state index >= 15 is 0 Å². The molecule has 5 heteroatoms. The summed E-state index contributed by atoms with van der Waals surface area (Å²) in [7, 11) is 1.73. The zero-order valence-corrected chi connectivity index (χ0v) is 12.9. The normalized spacial score (nSPS) is 18.9. The molecule has 0 bridgehead atoms. The summed E-state index contributed by atoms with van der Waals surface area (Å²) >= 11 is 1.77. The molecule has 1 aromatic rings. The van der Waals surface area contributed by atoms with Crippen molar-refractivity contribution in [2.75, 3.05) is 33.5 Å². The minimum absolute atomic E-state index is 0.0193. The third-order valence-corrected chi connectivity index (χ3v) is 4.70. The van der Waals surface area contributed by atoms with Crippen molar-refractivity contribution in [2.24, 2.45) is 0 Å². The van der Waals surface area contributed by atoms with Gasteiger partial charge in [0.05, 0.1) is 17.8 Å². The summed E-state index contributed by atoms with van der Waals surface area (Å²) in [6.07, 6.45) is 1.98. The highest BCUT2D eigenvalue weighted by Crippen LogP contribution is 2.35. The van der Waals surface area contributed by atoms with Gasteiger partial charge >= 0.3 is 0 Å². The van der Waals surface area contributed by atoms with Gasteiger partial charge < -0.3 is 14.8 Å². The molecule has 1 aromatic heterocycles. The fourth-order valence-corrected chi connectivity index (χ4v) is 3.57. The standard InChI is InChI=1S/C14H24N2O2S/c1-11(2)12-10-19-13(16-12)14(15-6-9-17-3)4-7-18-8-5-14/h10-11,15H,4-9H2,1-3H3. The number of nitrogens with zero attached hydrogens (tertiary/aromatic N) is 1. The Morgan fingerprint density at radius 1 is 1.47 bits per heavy atom. The fourth-order valence-electron chi connectivity index (χ4n) is 2.35. The molecule has 1 saturated heterocycles. The molecular weight excluding hydrogens is 260 g/mol.